The first-order chi connectivity index (χ1) is 14.5. The highest BCUT2D eigenvalue weighted by molar-refractivity contribution is 7.16. The topological polar surface area (TPSA) is 125 Å². The molecule has 0 aromatic carbocycles. The van der Waals surface area contributed by atoms with Crippen LogP contribution in [0.15, 0.2) is 28.9 Å². The van der Waals surface area contributed by atoms with Crippen molar-refractivity contribution in [3.8, 4) is 6.07 Å². The molecule has 0 bridgehead atoms. The zero-order valence-corrected chi connectivity index (χ0v) is 17.3. The monoisotopic (exact) mass is 429 g/mol. The Morgan fingerprint density at radius 2 is 2.37 bits per heavy atom. The van der Waals surface area contributed by atoms with Gasteiger partial charge in [0.25, 0.3) is 0 Å². The smallest absolute Gasteiger partial charge is 0.407 e. The number of nitrogens with one attached hydrogen (secondary N) is 2. The van der Waals surface area contributed by atoms with E-state index in [9.17, 15) is 14.9 Å². The first-order valence-corrected chi connectivity index (χ1v) is 10.4. The van der Waals surface area contributed by atoms with Crippen molar-refractivity contribution in [2.24, 2.45) is 5.92 Å². The van der Waals surface area contributed by atoms with Gasteiger partial charge in [-0.3, -0.25) is 4.79 Å². The average molecular weight is 429 g/mol. The van der Waals surface area contributed by atoms with Gasteiger partial charge in [0.15, 0.2) is 0 Å². The van der Waals surface area contributed by atoms with E-state index in [0.29, 0.717) is 29.2 Å². The lowest BCUT2D eigenvalue weighted by atomic mass is 9.88. The number of thiophene rings is 1. The van der Waals surface area contributed by atoms with Gasteiger partial charge in [-0.2, -0.15) is 5.26 Å². The number of alkyl carbamates (subject to hydrolysis) is 1. The standard InChI is InChI=1S/C21H23N3O5S/c1-13(11-25)23-21(27)29-12-14-4-6-16-17(10-22)20(30-18(16)9-14)24-19(26)7-5-15-3-2-8-28-15/h2-3,5,7-8,13-14,25H,4,6,9,11-12H2,1H3,(H,23,27)(H,24,26). The summed E-state index contributed by atoms with van der Waals surface area (Å²) in [7, 11) is 0. The van der Waals surface area contributed by atoms with Crippen molar-refractivity contribution in [1.29, 1.82) is 5.26 Å². The van der Waals surface area contributed by atoms with Crippen LogP contribution < -0.4 is 10.6 Å². The molecule has 0 spiro atoms. The number of hydrogen-bond donors (Lipinski definition) is 3. The van der Waals surface area contributed by atoms with Gasteiger partial charge in [0.1, 0.15) is 16.8 Å². The molecule has 9 heteroatoms. The number of carbonyl (C=O) groups is 2. The fourth-order valence-electron chi connectivity index (χ4n) is 3.18. The van der Waals surface area contributed by atoms with E-state index < -0.39 is 6.09 Å². The normalized spacial score (nSPS) is 16.5. The summed E-state index contributed by atoms with van der Waals surface area (Å²) in [5, 5.41) is 24.4. The molecule has 2 amide bonds. The van der Waals surface area contributed by atoms with E-state index in [0.717, 1.165) is 16.9 Å². The van der Waals surface area contributed by atoms with Crippen molar-refractivity contribution in [2.45, 2.75) is 32.2 Å². The highest BCUT2D eigenvalue weighted by Gasteiger charge is 2.27. The molecule has 0 aliphatic heterocycles. The number of nitrogens with zero attached hydrogens (tertiary/aromatic N) is 1. The molecule has 0 saturated heterocycles. The lowest BCUT2D eigenvalue weighted by Crippen LogP contribution is -2.36. The summed E-state index contributed by atoms with van der Waals surface area (Å²) >= 11 is 1.39. The van der Waals surface area contributed by atoms with Crippen molar-refractivity contribution < 1.29 is 23.8 Å². The average Bonchev–Trinajstić information content (AvgIpc) is 3.37. The number of carbonyl (C=O) groups excluding carboxylic acids is 2. The Labute approximate surface area is 178 Å². The zero-order chi connectivity index (χ0) is 21.5. The molecular formula is C21H23N3O5S. The van der Waals surface area contributed by atoms with Gasteiger partial charge in [-0.25, -0.2) is 4.79 Å². The number of anilines is 1. The van der Waals surface area contributed by atoms with E-state index >= 15 is 0 Å². The Morgan fingerprint density at radius 1 is 1.53 bits per heavy atom. The van der Waals surface area contributed by atoms with E-state index in [2.05, 4.69) is 16.7 Å². The Kier molecular flexibility index (Phi) is 7.27. The van der Waals surface area contributed by atoms with Crippen molar-refractivity contribution in [3.05, 3.63) is 46.2 Å². The Balaban J connectivity index is 1.60. The van der Waals surface area contributed by atoms with Gasteiger partial charge in [-0.15, -0.1) is 11.3 Å². The van der Waals surface area contributed by atoms with Gasteiger partial charge in [-0.1, -0.05) is 0 Å². The molecule has 0 fully saturated rings. The van der Waals surface area contributed by atoms with Crippen LogP contribution in [0.2, 0.25) is 0 Å². The van der Waals surface area contributed by atoms with Gasteiger partial charge >= 0.3 is 6.09 Å². The van der Waals surface area contributed by atoms with Gasteiger partial charge in [-0.05, 0) is 55.9 Å². The van der Waals surface area contributed by atoms with Crippen LogP contribution in [0.3, 0.4) is 0 Å². The molecule has 2 heterocycles. The maximum atomic E-state index is 12.2. The lowest BCUT2D eigenvalue weighted by Gasteiger charge is -2.22. The predicted octanol–water partition coefficient (Wildman–Crippen LogP) is 3.08. The van der Waals surface area contributed by atoms with Crippen LogP contribution in [0.5, 0.6) is 0 Å². The molecule has 0 saturated carbocycles. The summed E-state index contributed by atoms with van der Waals surface area (Å²) in [5.74, 6) is 0.368. The molecule has 1 aliphatic carbocycles. The largest absolute Gasteiger partial charge is 0.465 e. The molecule has 2 unspecified atom stereocenters. The highest BCUT2D eigenvalue weighted by Crippen LogP contribution is 2.39. The number of hydrogen-bond acceptors (Lipinski definition) is 7. The van der Waals surface area contributed by atoms with Gasteiger partial charge in [0.2, 0.25) is 5.91 Å². The van der Waals surface area contributed by atoms with Crippen molar-refractivity contribution in [1.82, 2.24) is 5.32 Å². The summed E-state index contributed by atoms with van der Waals surface area (Å²) in [6, 6.07) is 5.31. The lowest BCUT2D eigenvalue weighted by molar-refractivity contribution is -0.111. The molecule has 0 radical (unpaired) electrons. The predicted molar refractivity (Wildman–Crippen MR) is 112 cm³/mol. The van der Waals surface area contributed by atoms with Crippen LogP contribution in [0.25, 0.3) is 6.08 Å². The first-order valence-electron chi connectivity index (χ1n) is 9.61. The molecule has 2 aromatic heterocycles. The summed E-state index contributed by atoms with van der Waals surface area (Å²) < 4.78 is 10.4. The molecule has 158 valence electrons. The summed E-state index contributed by atoms with van der Waals surface area (Å²) in [5.41, 5.74) is 1.46. The second-order valence-electron chi connectivity index (χ2n) is 7.09. The number of ether oxygens (including phenoxy) is 1. The molecule has 8 nitrogen and oxygen atoms in total. The molecule has 30 heavy (non-hydrogen) atoms. The molecule has 1 aliphatic rings. The number of nitriles is 1. The van der Waals surface area contributed by atoms with Crippen LogP contribution in [0.4, 0.5) is 9.80 Å². The third kappa shape index (κ3) is 5.49. The SMILES string of the molecule is CC(CO)NC(=O)OCC1CCc2c(sc(NC(=O)C=Cc3ccco3)c2C#N)C1. The van der Waals surface area contributed by atoms with Crippen LogP contribution >= 0.6 is 11.3 Å². The summed E-state index contributed by atoms with van der Waals surface area (Å²) in [4.78, 5) is 25.0. The number of rotatable bonds is 7. The number of aliphatic hydroxyl groups excluding tert-OH is 1. The fraction of sp³-hybridized carbons (Fsp3) is 0.381. The Hall–Kier alpha value is -3.09. The van der Waals surface area contributed by atoms with E-state index in [1.807, 2.05) is 0 Å². The number of amides is 2. The Bertz CT molecular complexity index is 958. The van der Waals surface area contributed by atoms with Crippen LogP contribution in [-0.2, 0) is 22.4 Å². The van der Waals surface area contributed by atoms with Crippen molar-refractivity contribution in [2.75, 3.05) is 18.5 Å². The van der Waals surface area contributed by atoms with E-state index in [1.54, 1.807) is 25.1 Å². The molecular weight excluding hydrogens is 406 g/mol. The first kappa shape index (κ1) is 21.6. The van der Waals surface area contributed by atoms with Crippen LogP contribution in [0.1, 0.15) is 35.1 Å². The van der Waals surface area contributed by atoms with Crippen molar-refractivity contribution in [3.63, 3.8) is 0 Å². The third-order valence-corrected chi connectivity index (χ3v) is 5.92. The summed E-state index contributed by atoms with van der Waals surface area (Å²) in [6.07, 6.45) is 6.04. The van der Waals surface area contributed by atoms with Crippen molar-refractivity contribution >= 4 is 34.4 Å². The van der Waals surface area contributed by atoms with E-state index in [-0.39, 0.29) is 31.1 Å². The Morgan fingerprint density at radius 3 is 3.07 bits per heavy atom. The molecule has 3 N–H and O–H groups in total. The summed E-state index contributed by atoms with van der Waals surface area (Å²) in [6.45, 7) is 1.79. The highest BCUT2D eigenvalue weighted by atomic mass is 32.1. The van der Waals surface area contributed by atoms with Gasteiger partial charge in [0.05, 0.1) is 31.1 Å². The second-order valence-corrected chi connectivity index (χ2v) is 8.20. The number of furan rings is 1. The quantitative estimate of drug-likeness (QED) is 0.581. The minimum atomic E-state index is -0.553. The molecule has 2 atom stereocenters. The zero-order valence-electron chi connectivity index (χ0n) is 16.5. The maximum Gasteiger partial charge on any atom is 0.407 e. The number of aliphatic hydroxyl groups is 1. The molecule has 2 aromatic rings. The van der Waals surface area contributed by atoms with Crippen LogP contribution in [0, 0.1) is 17.2 Å². The van der Waals surface area contributed by atoms with Gasteiger partial charge < -0.3 is 24.9 Å². The van der Waals surface area contributed by atoms with Crippen LogP contribution in [-0.4, -0.2) is 36.4 Å². The molecule has 3 rings (SSSR count). The number of fused-ring (bicyclic) bond motifs is 1. The van der Waals surface area contributed by atoms with E-state index in [1.165, 1.54) is 23.7 Å². The minimum absolute atomic E-state index is 0.139. The second kappa shape index (κ2) is 10.1. The third-order valence-electron chi connectivity index (χ3n) is 4.75. The minimum Gasteiger partial charge on any atom is -0.465 e. The van der Waals surface area contributed by atoms with E-state index in [4.69, 9.17) is 14.3 Å². The maximum absolute atomic E-state index is 12.2. The van der Waals surface area contributed by atoms with Gasteiger partial charge in [0, 0.05) is 11.0 Å². The fourth-order valence-corrected chi connectivity index (χ4v) is 4.50.